The number of alkyl halides is 3. The average molecular weight is 526 g/mol. The lowest BCUT2D eigenvalue weighted by atomic mass is 9.98. The Morgan fingerprint density at radius 2 is 1.82 bits per heavy atom. The highest BCUT2D eigenvalue weighted by Crippen LogP contribution is 2.36. The number of hydrogen-bond donors (Lipinski definition) is 2. The van der Waals surface area contributed by atoms with Gasteiger partial charge in [0.2, 0.25) is 0 Å². The molecule has 0 atom stereocenters. The zero-order chi connectivity index (χ0) is 27.6. The number of amides is 4. The van der Waals surface area contributed by atoms with Gasteiger partial charge in [0.05, 0.1) is 5.56 Å². The van der Waals surface area contributed by atoms with E-state index >= 15 is 0 Å². The van der Waals surface area contributed by atoms with Crippen molar-refractivity contribution >= 4 is 34.9 Å². The molecule has 2 N–H and O–H groups in total. The Bertz CT molecular complexity index is 1410. The molecule has 38 heavy (non-hydrogen) atoms. The minimum Gasteiger partial charge on any atom is -0.354 e. The molecule has 0 bridgehead atoms. The number of nitrogens with zero attached hydrogens (tertiary/aromatic N) is 3. The van der Waals surface area contributed by atoms with Gasteiger partial charge in [0.15, 0.2) is 0 Å². The molecule has 11 heteroatoms. The Morgan fingerprint density at radius 3 is 2.53 bits per heavy atom. The number of aromatic nitrogens is 1. The Hall–Kier alpha value is -4.41. The Balaban J connectivity index is 1.58. The quantitative estimate of drug-likeness (QED) is 0.500. The molecule has 1 aliphatic rings. The summed E-state index contributed by atoms with van der Waals surface area (Å²) in [6, 6.07) is 10.7. The lowest BCUT2D eigenvalue weighted by Gasteiger charge is -2.30. The first-order chi connectivity index (χ1) is 18.0. The number of aryl methyl sites for hydroxylation is 2. The van der Waals surface area contributed by atoms with E-state index in [0.717, 1.165) is 12.1 Å². The van der Waals surface area contributed by atoms with Gasteiger partial charge in [0, 0.05) is 49.5 Å². The Kier molecular flexibility index (Phi) is 7.38. The summed E-state index contributed by atoms with van der Waals surface area (Å²) < 4.78 is 40.0. The van der Waals surface area contributed by atoms with E-state index in [4.69, 9.17) is 0 Å². The maximum absolute atomic E-state index is 13.4. The number of halogens is 3. The van der Waals surface area contributed by atoms with E-state index in [1.807, 2.05) is 0 Å². The first-order valence-electron chi connectivity index (χ1n) is 11.8. The molecular weight excluding hydrogens is 499 g/mol. The molecule has 0 radical (unpaired) electrons. The number of rotatable bonds is 4. The van der Waals surface area contributed by atoms with E-state index in [9.17, 15) is 27.6 Å². The van der Waals surface area contributed by atoms with Gasteiger partial charge in [0.25, 0.3) is 11.8 Å². The maximum Gasteiger partial charge on any atom is 0.416 e. The summed E-state index contributed by atoms with van der Waals surface area (Å²) >= 11 is 0. The van der Waals surface area contributed by atoms with Crippen LogP contribution in [0, 0.1) is 6.92 Å². The fourth-order valence-corrected chi connectivity index (χ4v) is 4.20. The second-order valence-electron chi connectivity index (χ2n) is 8.90. The minimum atomic E-state index is -4.52. The number of carbonyl (C=O) groups excluding carboxylic acids is 3. The summed E-state index contributed by atoms with van der Waals surface area (Å²) in [6.07, 6.45) is -1.91. The molecule has 8 nitrogen and oxygen atoms in total. The zero-order valence-corrected chi connectivity index (χ0v) is 21.0. The summed E-state index contributed by atoms with van der Waals surface area (Å²) in [5.74, 6) is -0.858. The zero-order valence-electron chi connectivity index (χ0n) is 21.0. The summed E-state index contributed by atoms with van der Waals surface area (Å²) in [7, 11) is 2.99. The molecule has 0 unspecified atom stereocenters. The van der Waals surface area contributed by atoms with Gasteiger partial charge in [-0.1, -0.05) is 12.1 Å². The van der Waals surface area contributed by atoms with E-state index in [1.165, 1.54) is 48.3 Å². The lowest BCUT2D eigenvalue weighted by Crippen LogP contribution is -2.36. The summed E-state index contributed by atoms with van der Waals surface area (Å²) in [5.41, 5.74) is 1.95. The number of nitrogens with one attached hydrogen (secondary N) is 2. The lowest BCUT2D eigenvalue weighted by molar-refractivity contribution is -0.137. The van der Waals surface area contributed by atoms with Crippen LogP contribution < -0.4 is 20.4 Å². The molecule has 0 fully saturated rings. The highest BCUT2D eigenvalue weighted by Gasteiger charge is 2.33. The van der Waals surface area contributed by atoms with Crippen LogP contribution in [0.4, 0.5) is 35.0 Å². The molecule has 0 aliphatic carbocycles. The van der Waals surface area contributed by atoms with Gasteiger partial charge in [-0.25, -0.2) is 4.79 Å². The van der Waals surface area contributed by atoms with Crippen molar-refractivity contribution < 1.29 is 27.6 Å². The molecule has 198 valence electrons. The third kappa shape index (κ3) is 5.46. The number of fused-ring (bicyclic) bond motifs is 1. The van der Waals surface area contributed by atoms with Crippen LogP contribution in [0.5, 0.6) is 0 Å². The maximum atomic E-state index is 13.4. The van der Waals surface area contributed by atoms with Crippen LogP contribution in [0.3, 0.4) is 0 Å². The molecular formula is C27H26F3N5O3. The van der Waals surface area contributed by atoms with Crippen molar-refractivity contribution in [1.82, 2.24) is 10.3 Å². The number of urea groups is 1. The average Bonchev–Trinajstić information content (AvgIpc) is 2.91. The normalized spacial score (nSPS) is 12.9. The van der Waals surface area contributed by atoms with Gasteiger partial charge in [-0.15, -0.1) is 0 Å². The van der Waals surface area contributed by atoms with Gasteiger partial charge in [-0.05, 0) is 67.3 Å². The second-order valence-corrected chi connectivity index (χ2v) is 8.90. The Morgan fingerprint density at radius 1 is 1.05 bits per heavy atom. The Labute approximate surface area is 217 Å². The second kappa shape index (κ2) is 10.5. The van der Waals surface area contributed by atoms with Gasteiger partial charge >= 0.3 is 12.2 Å². The highest BCUT2D eigenvalue weighted by molar-refractivity contribution is 6.08. The minimum absolute atomic E-state index is 0.143. The number of benzene rings is 2. The molecule has 1 aliphatic heterocycles. The van der Waals surface area contributed by atoms with E-state index in [2.05, 4.69) is 15.6 Å². The van der Waals surface area contributed by atoms with Crippen molar-refractivity contribution in [1.29, 1.82) is 0 Å². The first kappa shape index (κ1) is 26.6. The summed E-state index contributed by atoms with van der Waals surface area (Å²) in [6.45, 7) is 2.03. The monoisotopic (exact) mass is 525 g/mol. The van der Waals surface area contributed by atoms with Crippen LogP contribution >= 0.6 is 0 Å². The predicted octanol–water partition coefficient (Wildman–Crippen LogP) is 5.03. The summed E-state index contributed by atoms with van der Waals surface area (Å²) in [5, 5.41) is 5.24. The molecule has 0 saturated heterocycles. The van der Waals surface area contributed by atoms with Gasteiger partial charge < -0.3 is 15.5 Å². The first-order valence-corrected chi connectivity index (χ1v) is 11.8. The van der Waals surface area contributed by atoms with Crippen molar-refractivity contribution in [3.8, 4) is 0 Å². The van der Waals surface area contributed by atoms with Gasteiger partial charge in [0.1, 0.15) is 5.69 Å². The molecule has 0 saturated carbocycles. The molecule has 2 heterocycles. The molecule has 0 spiro atoms. The van der Waals surface area contributed by atoms with Crippen LogP contribution in [0.25, 0.3) is 0 Å². The molecule has 2 aromatic carbocycles. The third-order valence-corrected chi connectivity index (χ3v) is 6.40. The standard InChI is InChI=1S/C27H26F3N5O3/c1-16-6-7-18(25(37)35-12-4-5-17-8-9-19(14-23(17)35)27(28,29)30)13-21(16)33-26(38)34(3)20-10-11-32-22(15-20)24(36)31-2/h6-11,13-15H,4-5,12H2,1-3H3,(H,31,36)(H,33,38). The number of carbonyl (C=O) groups is 3. The van der Waals surface area contributed by atoms with Crippen LogP contribution in [-0.4, -0.2) is 43.5 Å². The van der Waals surface area contributed by atoms with Crippen LogP contribution in [0.15, 0.2) is 54.7 Å². The van der Waals surface area contributed by atoms with Crippen molar-refractivity contribution in [2.45, 2.75) is 25.9 Å². The van der Waals surface area contributed by atoms with Crippen molar-refractivity contribution in [3.63, 3.8) is 0 Å². The van der Waals surface area contributed by atoms with Crippen molar-refractivity contribution in [3.05, 3.63) is 82.7 Å². The fraction of sp³-hybridized carbons (Fsp3) is 0.259. The topological polar surface area (TPSA) is 94.6 Å². The smallest absolute Gasteiger partial charge is 0.354 e. The molecule has 3 aromatic rings. The third-order valence-electron chi connectivity index (χ3n) is 6.40. The van der Waals surface area contributed by atoms with E-state index in [0.29, 0.717) is 35.3 Å². The van der Waals surface area contributed by atoms with Gasteiger partial charge in [-0.3, -0.25) is 19.5 Å². The van der Waals surface area contributed by atoms with Crippen molar-refractivity contribution in [2.24, 2.45) is 0 Å². The molecule has 1 aromatic heterocycles. The molecule has 4 amide bonds. The van der Waals surface area contributed by atoms with Crippen LogP contribution in [0.2, 0.25) is 0 Å². The fourth-order valence-electron chi connectivity index (χ4n) is 4.20. The van der Waals surface area contributed by atoms with Gasteiger partial charge in [-0.2, -0.15) is 13.2 Å². The number of pyridine rings is 1. The van der Waals surface area contributed by atoms with Crippen LogP contribution in [0.1, 0.15) is 44.0 Å². The van der Waals surface area contributed by atoms with Crippen molar-refractivity contribution in [2.75, 3.05) is 35.8 Å². The number of hydrogen-bond acceptors (Lipinski definition) is 4. The largest absolute Gasteiger partial charge is 0.416 e. The molecule has 4 rings (SSSR count). The van der Waals surface area contributed by atoms with E-state index in [1.54, 1.807) is 25.1 Å². The van der Waals surface area contributed by atoms with E-state index < -0.39 is 29.6 Å². The SMILES string of the molecule is CNC(=O)c1cc(N(C)C(=O)Nc2cc(C(=O)N3CCCc4ccc(C(F)(F)F)cc43)ccc2C)ccn1. The van der Waals surface area contributed by atoms with E-state index in [-0.39, 0.29) is 23.5 Å². The predicted molar refractivity (Wildman–Crippen MR) is 138 cm³/mol. The highest BCUT2D eigenvalue weighted by atomic mass is 19.4. The van der Waals surface area contributed by atoms with Crippen LogP contribution in [-0.2, 0) is 12.6 Å². The number of anilines is 3. The summed E-state index contributed by atoms with van der Waals surface area (Å²) in [4.78, 5) is 44.9.